The molecule has 0 radical (unpaired) electrons. The largest absolute Gasteiger partial charge is 0.495 e. The third kappa shape index (κ3) is 4.49. The molecular weight excluding hydrogens is 429 g/mol. The van der Waals surface area contributed by atoms with Gasteiger partial charge in [-0.05, 0) is 18.2 Å². The van der Waals surface area contributed by atoms with Gasteiger partial charge in [-0.25, -0.2) is 15.0 Å². The van der Waals surface area contributed by atoms with Crippen molar-refractivity contribution in [1.82, 2.24) is 15.0 Å². The molecule has 13 heteroatoms. The number of alkyl halides is 3. The molecule has 0 fully saturated rings. The SMILES string of the molecule is COc1ccccc1Nc1ncnc(Nc2ncc(C(F)(F)F)cc2Cl)c1[N+](=O)[O-]. The van der Waals surface area contributed by atoms with Crippen LogP contribution in [0.4, 0.5) is 42.0 Å². The summed E-state index contributed by atoms with van der Waals surface area (Å²) in [5, 5.41) is 16.5. The lowest BCUT2D eigenvalue weighted by atomic mass is 10.2. The Labute approximate surface area is 172 Å². The van der Waals surface area contributed by atoms with Crippen LogP contribution in [0.3, 0.4) is 0 Å². The predicted octanol–water partition coefficient (Wildman–Crippen LogP) is 4.95. The van der Waals surface area contributed by atoms with E-state index in [4.69, 9.17) is 16.3 Å². The van der Waals surface area contributed by atoms with Crippen molar-refractivity contribution in [3.8, 4) is 5.75 Å². The van der Waals surface area contributed by atoms with Crippen molar-refractivity contribution >= 4 is 40.4 Å². The first kappa shape index (κ1) is 21.0. The van der Waals surface area contributed by atoms with Crippen LogP contribution >= 0.6 is 11.6 Å². The summed E-state index contributed by atoms with van der Waals surface area (Å²) < 4.78 is 43.5. The molecule has 3 rings (SSSR count). The Kier molecular flexibility index (Phi) is 5.87. The molecule has 156 valence electrons. The number of nitrogens with one attached hydrogen (secondary N) is 2. The first-order chi connectivity index (χ1) is 14.2. The van der Waals surface area contributed by atoms with Crippen LogP contribution in [0.5, 0.6) is 5.75 Å². The van der Waals surface area contributed by atoms with Crippen molar-refractivity contribution < 1.29 is 22.8 Å². The summed E-state index contributed by atoms with van der Waals surface area (Å²) in [6.07, 6.45) is -3.05. The Hall–Kier alpha value is -3.67. The fraction of sp³-hybridized carbons (Fsp3) is 0.118. The molecule has 0 unspecified atom stereocenters. The standard InChI is InChI=1S/C17H12ClF3N6O3/c1-30-12-5-3-2-4-11(12)25-15-13(27(28)29)16(24-8-23-15)26-14-10(18)6-9(7-22-14)17(19,20)21/h2-8H,1H3,(H2,22,23,24,25,26). The number of anilines is 4. The first-order valence-electron chi connectivity index (χ1n) is 8.10. The van der Waals surface area contributed by atoms with Gasteiger partial charge in [-0.3, -0.25) is 10.1 Å². The van der Waals surface area contributed by atoms with Crippen molar-refractivity contribution in [2.45, 2.75) is 6.18 Å². The number of ether oxygens (including phenoxy) is 1. The number of hydrogen-bond donors (Lipinski definition) is 2. The van der Waals surface area contributed by atoms with Crippen molar-refractivity contribution in [2.75, 3.05) is 17.7 Å². The minimum atomic E-state index is -4.64. The first-order valence-corrected chi connectivity index (χ1v) is 8.47. The summed E-state index contributed by atoms with van der Waals surface area (Å²) in [6, 6.07) is 7.30. The van der Waals surface area contributed by atoms with Gasteiger partial charge >= 0.3 is 11.9 Å². The number of nitrogens with zero attached hydrogens (tertiary/aromatic N) is 4. The molecule has 0 saturated carbocycles. The third-order valence-electron chi connectivity index (χ3n) is 3.77. The van der Waals surface area contributed by atoms with Gasteiger partial charge in [-0.2, -0.15) is 13.2 Å². The number of benzene rings is 1. The van der Waals surface area contributed by atoms with Gasteiger partial charge in [-0.15, -0.1) is 0 Å². The molecule has 9 nitrogen and oxygen atoms in total. The molecule has 0 aliphatic carbocycles. The lowest BCUT2D eigenvalue weighted by Gasteiger charge is -2.13. The van der Waals surface area contributed by atoms with Gasteiger partial charge in [0.1, 0.15) is 12.1 Å². The van der Waals surface area contributed by atoms with Gasteiger partial charge in [-0.1, -0.05) is 23.7 Å². The maximum Gasteiger partial charge on any atom is 0.417 e. The molecule has 1 aromatic carbocycles. The normalized spacial score (nSPS) is 11.1. The number of halogens is 4. The highest BCUT2D eigenvalue weighted by Gasteiger charge is 2.32. The van der Waals surface area contributed by atoms with E-state index in [-0.39, 0.29) is 17.5 Å². The summed E-state index contributed by atoms with van der Waals surface area (Å²) in [7, 11) is 1.43. The number of para-hydroxylation sites is 2. The molecule has 2 heterocycles. The quantitative estimate of drug-likeness (QED) is 0.408. The van der Waals surface area contributed by atoms with Gasteiger partial charge in [0.25, 0.3) is 0 Å². The second-order valence-corrected chi connectivity index (χ2v) is 6.09. The molecule has 0 atom stereocenters. The minimum absolute atomic E-state index is 0.176. The molecular formula is C17H12ClF3N6O3. The monoisotopic (exact) mass is 440 g/mol. The van der Waals surface area contributed by atoms with Crippen molar-refractivity contribution in [2.24, 2.45) is 0 Å². The zero-order valence-corrected chi connectivity index (χ0v) is 15.8. The molecule has 0 bridgehead atoms. The van der Waals surface area contributed by atoms with E-state index in [0.717, 1.165) is 6.33 Å². The molecule has 0 saturated heterocycles. The maximum atomic E-state index is 12.8. The van der Waals surface area contributed by atoms with Crippen molar-refractivity contribution in [3.05, 3.63) is 63.6 Å². The Balaban J connectivity index is 1.99. The van der Waals surface area contributed by atoms with E-state index in [0.29, 0.717) is 23.7 Å². The molecule has 0 amide bonds. The Morgan fingerprint density at radius 2 is 1.77 bits per heavy atom. The molecule has 0 spiro atoms. The second kappa shape index (κ2) is 8.37. The highest BCUT2D eigenvalue weighted by molar-refractivity contribution is 6.33. The number of aromatic nitrogens is 3. The number of rotatable bonds is 6. The van der Waals surface area contributed by atoms with E-state index < -0.39 is 27.4 Å². The maximum absolute atomic E-state index is 12.8. The van der Waals surface area contributed by atoms with Gasteiger partial charge in [0.2, 0.25) is 11.6 Å². The van der Waals surface area contributed by atoms with Crippen LogP contribution in [0.25, 0.3) is 0 Å². The van der Waals surface area contributed by atoms with Crippen LogP contribution in [0.15, 0.2) is 42.9 Å². The highest BCUT2D eigenvalue weighted by Crippen LogP contribution is 2.37. The lowest BCUT2D eigenvalue weighted by Crippen LogP contribution is -2.09. The fourth-order valence-electron chi connectivity index (χ4n) is 2.41. The topological polar surface area (TPSA) is 115 Å². The second-order valence-electron chi connectivity index (χ2n) is 5.68. The van der Waals surface area contributed by atoms with Crippen LogP contribution in [-0.2, 0) is 6.18 Å². The minimum Gasteiger partial charge on any atom is -0.495 e. The summed E-state index contributed by atoms with van der Waals surface area (Å²) >= 11 is 5.86. The van der Waals surface area contributed by atoms with E-state index in [2.05, 4.69) is 25.6 Å². The predicted molar refractivity (Wildman–Crippen MR) is 102 cm³/mol. The van der Waals surface area contributed by atoms with E-state index in [9.17, 15) is 23.3 Å². The molecule has 30 heavy (non-hydrogen) atoms. The summed E-state index contributed by atoms with van der Waals surface area (Å²) in [5.41, 5.74) is -1.23. The Morgan fingerprint density at radius 1 is 1.10 bits per heavy atom. The van der Waals surface area contributed by atoms with Crippen molar-refractivity contribution in [3.63, 3.8) is 0 Å². The van der Waals surface area contributed by atoms with Crippen LogP contribution in [0.2, 0.25) is 5.02 Å². The van der Waals surface area contributed by atoms with Gasteiger partial charge in [0.15, 0.2) is 5.82 Å². The molecule has 0 aliphatic rings. The third-order valence-corrected chi connectivity index (χ3v) is 4.06. The smallest absolute Gasteiger partial charge is 0.417 e. The van der Waals surface area contributed by atoms with Gasteiger partial charge < -0.3 is 15.4 Å². The van der Waals surface area contributed by atoms with Crippen LogP contribution < -0.4 is 15.4 Å². The highest BCUT2D eigenvalue weighted by atomic mass is 35.5. The number of pyridine rings is 1. The molecule has 3 aromatic rings. The van der Waals surface area contributed by atoms with Crippen LogP contribution in [-0.4, -0.2) is 27.0 Å². The molecule has 2 aromatic heterocycles. The van der Waals surface area contributed by atoms with Gasteiger partial charge in [0, 0.05) is 6.20 Å². The summed E-state index contributed by atoms with van der Waals surface area (Å²) in [6.45, 7) is 0. The lowest BCUT2D eigenvalue weighted by molar-refractivity contribution is -0.383. The number of nitro groups is 1. The van der Waals surface area contributed by atoms with E-state index >= 15 is 0 Å². The average molecular weight is 441 g/mol. The zero-order valence-electron chi connectivity index (χ0n) is 15.1. The van der Waals surface area contributed by atoms with Crippen molar-refractivity contribution in [1.29, 1.82) is 0 Å². The van der Waals surface area contributed by atoms with E-state index in [1.807, 2.05) is 0 Å². The fourth-order valence-corrected chi connectivity index (χ4v) is 2.62. The van der Waals surface area contributed by atoms with Gasteiger partial charge in [0.05, 0.1) is 28.3 Å². The summed E-state index contributed by atoms with van der Waals surface area (Å²) in [4.78, 5) is 22.2. The Bertz CT molecular complexity index is 1100. The van der Waals surface area contributed by atoms with E-state index in [1.165, 1.54) is 7.11 Å². The molecule has 0 aliphatic heterocycles. The van der Waals surface area contributed by atoms with Crippen LogP contribution in [0, 0.1) is 10.1 Å². The van der Waals surface area contributed by atoms with Crippen LogP contribution in [0.1, 0.15) is 5.56 Å². The molecule has 2 N–H and O–H groups in total. The zero-order chi connectivity index (χ0) is 21.9. The van der Waals surface area contributed by atoms with E-state index in [1.54, 1.807) is 24.3 Å². The summed E-state index contributed by atoms with van der Waals surface area (Å²) in [5.74, 6) is -0.325. The average Bonchev–Trinajstić information content (AvgIpc) is 2.69. The Morgan fingerprint density at radius 3 is 2.37 bits per heavy atom. The number of methoxy groups -OCH3 is 1. The number of hydrogen-bond acceptors (Lipinski definition) is 8.